The van der Waals surface area contributed by atoms with Crippen molar-refractivity contribution in [1.29, 1.82) is 5.26 Å². The lowest BCUT2D eigenvalue weighted by atomic mass is 9.63. The number of nitrogens with zero attached hydrogens (tertiary/aromatic N) is 2. The van der Waals surface area contributed by atoms with Crippen LogP contribution in [0.25, 0.3) is 0 Å². The molecule has 104 valence electrons. The van der Waals surface area contributed by atoms with E-state index in [0.29, 0.717) is 6.42 Å². The van der Waals surface area contributed by atoms with E-state index in [1.54, 1.807) is 4.90 Å². The number of anilines is 1. The van der Waals surface area contributed by atoms with Crippen molar-refractivity contribution in [3.05, 3.63) is 29.3 Å². The highest BCUT2D eigenvalue weighted by atomic mass is 16.2. The third kappa shape index (κ3) is 1.74. The molecule has 0 radical (unpaired) electrons. The molecule has 3 rings (SSSR count). The first-order valence-corrected chi connectivity index (χ1v) is 7.09. The molecule has 0 aromatic heterocycles. The Kier molecular flexibility index (Phi) is 3.02. The number of likely N-dealkylation sites (N-methyl/N-ethyl adjacent to an activating group) is 1. The van der Waals surface area contributed by atoms with Crippen LogP contribution in [0.15, 0.2) is 18.2 Å². The Hall–Kier alpha value is -1.86. The molecule has 1 aliphatic carbocycles. The Morgan fingerprint density at radius 2 is 2.20 bits per heavy atom. The molecule has 1 N–H and O–H groups in total. The van der Waals surface area contributed by atoms with E-state index in [9.17, 15) is 10.1 Å². The fraction of sp³-hybridized carbons (Fsp3) is 0.500. The first-order valence-electron chi connectivity index (χ1n) is 7.09. The van der Waals surface area contributed by atoms with Crippen molar-refractivity contribution in [2.45, 2.75) is 31.7 Å². The van der Waals surface area contributed by atoms with Crippen LogP contribution in [0.1, 0.15) is 36.4 Å². The van der Waals surface area contributed by atoms with Crippen LogP contribution in [0.5, 0.6) is 0 Å². The van der Waals surface area contributed by atoms with E-state index in [2.05, 4.69) is 17.5 Å². The van der Waals surface area contributed by atoms with Crippen LogP contribution in [0.4, 0.5) is 5.69 Å². The molecule has 1 atom stereocenters. The molecule has 1 aromatic carbocycles. The molecule has 4 nitrogen and oxygen atoms in total. The SMILES string of the molecule is CNC(c1ccc2c(c1)CC(=O)N2C)C1(C#N)CCC1. The van der Waals surface area contributed by atoms with Crippen molar-refractivity contribution in [3.63, 3.8) is 0 Å². The van der Waals surface area contributed by atoms with Crippen molar-refractivity contribution >= 4 is 11.6 Å². The highest BCUT2D eigenvalue weighted by molar-refractivity contribution is 6.00. The maximum atomic E-state index is 11.8. The lowest BCUT2D eigenvalue weighted by Gasteiger charge is -2.42. The molecule has 1 aliphatic heterocycles. The van der Waals surface area contributed by atoms with Gasteiger partial charge in [0.05, 0.1) is 23.9 Å². The molecule has 1 amide bonds. The fourth-order valence-corrected chi connectivity index (χ4v) is 3.45. The Morgan fingerprint density at radius 1 is 1.45 bits per heavy atom. The summed E-state index contributed by atoms with van der Waals surface area (Å²) in [5, 5.41) is 12.8. The van der Waals surface area contributed by atoms with Gasteiger partial charge in [0, 0.05) is 12.7 Å². The molecular weight excluding hydrogens is 250 g/mol. The Labute approximate surface area is 119 Å². The molecule has 0 saturated heterocycles. The van der Waals surface area contributed by atoms with E-state index in [4.69, 9.17) is 0 Å². The highest BCUT2D eigenvalue weighted by Gasteiger charge is 2.45. The number of nitriles is 1. The third-order valence-electron chi connectivity index (χ3n) is 4.82. The number of hydrogen-bond donors (Lipinski definition) is 1. The normalized spacial score (nSPS) is 21.1. The second kappa shape index (κ2) is 4.60. The van der Waals surface area contributed by atoms with Gasteiger partial charge in [-0.05, 0) is 37.1 Å². The summed E-state index contributed by atoms with van der Waals surface area (Å²) in [6.45, 7) is 0. The number of hydrogen-bond acceptors (Lipinski definition) is 3. The molecule has 0 bridgehead atoms. The van der Waals surface area contributed by atoms with Gasteiger partial charge in [0.1, 0.15) is 0 Å². The van der Waals surface area contributed by atoms with E-state index in [1.165, 1.54) is 0 Å². The van der Waals surface area contributed by atoms with Gasteiger partial charge in [-0.2, -0.15) is 5.26 Å². The maximum absolute atomic E-state index is 11.8. The quantitative estimate of drug-likeness (QED) is 0.915. The van der Waals surface area contributed by atoms with Crippen LogP contribution in [0.3, 0.4) is 0 Å². The number of carbonyl (C=O) groups excluding carboxylic acids is 1. The predicted molar refractivity (Wildman–Crippen MR) is 77.3 cm³/mol. The molecule has 20 heavy (non-hydrogen) atoms. The topological polar surface area (TPSA) is 56.1 Å². The zero-order valence-corrected chi connectivity index (χ0v) is 11.9. The summed E-state index contributed by atoms with van der Waals surface area (Å²) in [5.41, 5.74) is 2.91. The molecule has 1 saturated carbocycles. The molecule has 1 heterocycles. The average Bonchev–Trinajstić information content (AvgIpc) is 2.69. The summed E-state index contributed by atoms with van der Waals surface area (Å²) >= 11 is 0. The second-order valence-electron chi connectivity index (χ2n) is 5.86. The summed E-state index contributed by atoms with van der Waals surface area (Å²) in [6, 6.07) is 8.70. The molecular formula is C16H19N3O. The molecule has 1 aromatic rings. The van der Waals surface area contributed by atoms with Gasteiger partial charge in [-0.3, -0.25) is 4.79 Å². The standard InChI is InChI=1S/C16H19N3O/c1-18-15(16(10-17)6-3-7-16)11-4-5-13-12(8-11)9-14(20)19(13)2/h4-5,8,15,18H,3,6-7,9H2,1-2H3. The molecule has 4 heteroatoms. The summed E-state index contributed by atoms with van der Waals surface area (Å²) in [5.74, 6) is 0.136. The van der Waals surface area contributed by atoms with E-state index in [-0.39, 0.29) is 17.4 Å². The summed E-state index contributed by atoms with van der Waals surface area (Å²) in [7, 11) is 3.72. The van der Waals surface area contributed by atoms with Gasteiger partial charge in [-0.15, -0.1) is 0 Å². The van der Waals surface area contributed by atoms with Crippen molar-refractivity contribution in [2.75, 3.05) is 19.0 Å². The molecule has 2 aliphatic rings. The van der Waals surface area contributed by atoms with Gasteiger partial charge >= 0.3 is 0 Å². The summed E-state index contributed by atoms with van der Waals surface area (Å²) < 4.78 is 0. The Balaban J connectivity index is 1.97. The predicted octanol–water partition coefficient (Wildman–Crippen LogP) is 2.16. The minimum atomic E-state index is -0.280. The number of carbonyl (C=O) groups is 1. The smallest absolute Gasteiger partial charge is 0.231 e. The van der Waals surface area contributed by atoms with Crippen molar-refractivity contribution in [3.8, 4) is 6.07 Å². The third-order valence-corrected chi connectivity index (χ3v) is 4.82. The maximum Gasteiger partial charge on any atom is 0.231 e. The van der Waals surface area contributed by atoms with Gasteiger partial charge in [-0.1, -0.05) is 18.6 Å². The number of fused-ring (bicyclic) bond motifs is 1. The van der Waals surface area contributed by atoms with Crippen molar-refractivity contribution < 1.29 is 4.79 Å². The lowest BCUT2D eigenvalue weighted by Crippen LogP contribution is -2.40. The van der Waals surface area contributed by atoms with Crippen molar-refractivity contribution in [2.24, 2.45) is 5.41 Å². The van der Waals surface area contributed by atoms with E-state index in [1.807, 2.05) is 26.2 Å². The average molecular weight is 269 g/mol. The Morgan fingerprint density at radius 3 is 2.75 bits per heavy atom. The Bertz CT molecular complexity index is 598. The summed E-state index contributed by atoms with van der Waals surface area (Å²) in [6.07, 6.45) is 3.49. The van der Waals surface area contributed by atoms with Gasteiger partial charge in [0.15, 0.2) is 0 Å². The minimum Gasteiger partial charge on any atom is -0.315 e. The number of amides is 1. The van der Waals surface area contributed by atoms with Crippen LogP contribution in [0.2, 0.25) is 0 Å². The van der Waals surface area contributed by atoms with Crippen LogP contribution in [0, 0.1) is 16.7 Å². The van der Waals surface area contributed by atoms with Crippen LogP contribution < -0.4 is 10.2 Å². The van der Waals surface area contributed by atoms with E-state index in [0.717, 1.165) is 36.1 Å². The molecule has 1 unspecified atom stereocenters. The second-order valence-corrected chi connectivity index (χ2v) is 5.86. The highest BCUT2D eigenvalue weighted by Crippen LogP contribution is 2.50. The van der Waals surface area contributed by atoms with Gasteiger partial charge < -0.3 is 10.2 Å². The first-order chi connectivity index (χ1) is 9.61. The van der Waals surface area contributed by atoms with E-state index < -0.39 is 0 Å². The molecule has 1 fully saturated rings. The fourth-order valence-electron chi connectivity index (χ4n) is 3.45. The largest absolute Gasteiger partial charge is 0.315 e. The van der Waals surface area contributed by atoms with Crippen molar-refractivity contribution in [1.82, 2.24) is 5.32 Å². The number of rotatable bonds is 3. The van der Waals surface area contributed by atoms with Crippen LogP contribution in [-0.4, -0.2) is 20.0 Å². The lowest BCUT2D eigenvalue weighted by molar-refractivity contribution is -0.117. The summed E-state index contributed by atoms with van der Waals surface area (Å²) in [4.78, 5) is 13.5. The zero-order chi connectivity index (χ0) is 14.3. The molecule has 0 spiro atoms. The number of benzene rings is 1. The van der Waals surface area contributed by atoms with Gasteiger partial charge in [0.2, 0.25) is 5.91 Å². The van der Waals surface area contributed by atoms with Gasteiger partial charge in [-0.25, -0.2) is 0 Å². The van der Waals surface area contributed by atoms with Gasteiger partial charge in [0.25, 0.3) is 0 Å². The monoisotopic (exact) mass is 269 g/mol. The number of nitrogens with one attached hydrogen (secondary N) is 1. The van der Waals surface area contributed by atoms with E-state index >= 15 is 0 Å². The zero-order valence-electron chi connectivity index (χ0n) is 11.9. The van der Waals surface area contributed by atoms with Crippen LogP contribution >= 0.6 is 0 Å². The van der Waals surface area contributed by atoms with Crippen LogP contribution in [-0.2, 0) is 11.2 Å². The minimum absolute atomic E-state index is 0.0487. The first kappa shape index (κ1) is 13.1.